The number of thiophene rings is 1. The number of alkyl halides is 2. The lowest BCUT2D eigenvalue weighted by Gasteiger charge is -2.28. The number of hydrogen-bond donors (Lipinski definition) is 4. The molecule has 1 saturated carbocycles. The van der Waals surface area contributed by atoms with Crippen LogP contribution in [0.4, 0.5) is 8.78 Å². The summed E-state index contributed by atoms with van der Waals surface area (Å²) >= 11 is 1.47. The van der Waals surface area contributed by atoms with Gasteiger partial charge >= 0.3 is 0 Å². The van der Waals surface area contributed by atoms with Crippen molar-refractivity contribution in [1.29, 1.82) is 5.41 Å². The molecule has 2 heterocycles. The van der Waals surface area contributed by atoms with Crippen LogP contribution < -0.4 is 16.4 Å². The fraction of sp³-hybridized carbons (Fsp3) is 0.429. The van der Waals surface area contributed by atoms with Gasteiger partial charge in [-0.15, -0.1) is 11.3 Å². The molecule has 48 heavy (non-hydrogen) atoms. The normalized spacial score (nSPS) is 19.8. The van der Waals surface area contributed by atoms with Crippen molar-refractivity contribution >= 4 is 35.3 Å². The Labute approximate surface area is 284 Å². The second-order valence-electron chi connectivity index (χ2n) is 12.4. The summed E-state index contributed by atoms with van der Waals surface area (Å²) in [6.07, 6.45) is 2.43. The van der Waals surface area contributed by atoms with Crippen LogP contribution in [-0.2, 0) is 20.2 Å². The van der Waals surface area contributed by atoms with Crippen LogP contribution in [0.25, 0.3) is 11.1 Å². The first-order valence-corrected chi connectivity index (χ1v) is 16.6. The maximum Gasteiger partial charge on any atom is 0.299 e. The number of piperidine rings is 1. The molecule has 1 aromatic heterocycles. The largest absolute Gasteiger partial charge is 0.384 e. The number of nitrogens with one attached hydrogen (secondary N) is 3. The van der Waals surface area contributed by atoms with E-state index in [4.69, 9.17) is 15.9 Å². The Morgan fingerprint density at radius 1 is 1.17 bits per heavy atom. The standard InChI is InChI=1S/C16H23N5O2S.C14H8F2O.C5H13NO/c1-8(13-5-10(7-24-13)15(17)18)20-16(23)12-4-9-3-11(9)21(12)14(22)6-19-2;15-14(16)12-4-2-1-3-10(12)11-7-9(8-17)5-6-13(11)14;1-6(2)4-5-7-3/h5,7-9,11-12,19H,3-4,6H2,1-2H3,(H3,17,18)(H,20,23);1-8H;4-5H2,1-3H3/t8-,9?,11?,12?;;/m1../s1. The van der Waals surface area contributed by atoms with E-state index in [1.165, 1.54) is 35.6 Å². The highest BCUT2D eigenvalue weighted by atomic mass is 32.1. The Bertz CT molecular complexity index is 1630. The molecule has 10 nitrogen and oxygen atoms in total. The molecule has 258 valence electrons. The maximum atomic E-state index is 14.1. The average molecular weight is 683 g/mol. The topological polar surface area (TPSA) is 141 Å². The van der Waals surface area contributed by atoms with Crippen molar-refractivity contribution in [3.63, 3.8) is 0 Å². The van der Waals surface area contributed by atoms with Gasteiger partial charge in [-0.1, -0.05) is 36.4 Å². The first kappa shape index (κ1) is 36.8. The van der Waals surface area contributed by atoms with E-state index in [2.05, 4.69) is 15.5 Å². The van der Waals surface area contributed by atoms with Gasteiger partial charge in [0.05, 0.1) is 19.2 Å². The second-order valence-corrected chi connectivity index (χ2v) is 13.3. The molecule has 2 amide bonds. The monoisotopic (exact) mass is 682 g/mol. The molecule has 4 atom stereocenters. The number of amides is 2. The third-order valence-electron chi connectivity index (χ3n) is 8.56. The van der Waals surface area contributed by atoms with Gasteiger partial charge in [0, 0.05) is 52.2 Å². The lowest BCUT2D eigenvalue weighted by molar-refractivity contribution is -0.139. The number of amidine groups is 1. The molecule has 6 rings (SSSR count). The zero-order valence-electron chi connectivity index (χ0n) is 27.9. The number of likely N-dealkylation sites (tertiary alicyclic amines) is 1. The smallest absolute Gasteiger partial charge is 0.299 e. The predicted molar refractivity (Wildman–Crippen MR) is 184 cm³/mol. The number of nitrogen functional groups attached to an aromatic ring is 1. The molecule has 3 aromatic rings. The molecule has 2 fully saturated rings. The summed E-state index contributed by atoms with van der Waals surface area (Å²) in [5.41, 5.74) is 7.52. The molecule has 2 aliphatic carbocycles. The van der Waals surface area contributed by atoms with E-state index in [9.17, 15) is 23.2 Å². The van der Waals surface area contributed by atoms with Gasteiger partial charge in [0.2, 0.25) is 11.8 Å². The fourth-order valence-corrected chi connectivity index (χ4v) is 6.85. The first-order valence-electron chi connectivity index (χ1n) is 15.7. The van der Waals surface area contributed by atoms with Crippen molar-refractivity contribution < 1.29 is 27.9 Å². The number of nitrogens with zero attached hydrogens (tertiary/aromatic N) is 2. The van der Waals surface area contributed by atoms with Gasteiger partial charge in [-0.25, -0.2) is 0 Å². The zero-order chi connectivity index (χ0) is 35.2. The van der Waals surface area contributed by atoms with E-state index in [1.807, 2.05) is 32.5 Å². The van der Waals surface area contributed by atoms with Crippen molar-refractivity contribution in [1.82, 2.24) is 20.4 Å². The number of carbonyl (C=O) groups excluding carboxylic acids is 3. The summed E-state index contributed by atoms with van der Waals surface area (Å²) in [7, 11) is 7.50. The van der Waals surface area contributed by atoms with Crippen LogP contribution in [0.2, 0.25) is 0 Å². The third kappa shape index (κ3) is 8.32. The number of nitrogens with two attached hydrogens (primary N) is 1. The highest BCUT2D eigenvalue weighted by molar-refractivity contribution is 7.10. The van der Waals surface area contributed by atoms with Crippen LogP contribution in [0.15, 0.2) is 53.9 Å². The van der Waals surface area contributed by atoms with Gasteiger partial charge in [0.1, 0.15) is 18.2 Å². The summed E-state index contributed by atoms with van der Waals surface area (Å²) in [6.45, 7) is 4.00. The number of halogens is 2. The highest BCUT2D eigenvalue weighted by Gasteiger charge is 2.55. The minimum atomic E-state index is -2.96. The van der Waals surface area contributed by atoms with Crippen molar-refractivity contribution in [3.05, 3.63) is 81.0 Å². The van der Waals surface area contributed by atoms with Crippen LogP contribution in [0.5, 0.6) is 0 Å². The van der Waals surface area contributed by atoms with Crippen LogP contribution in [0.1, 0.15) is 57.7 Å². The number of ether oxygens (including phenoxy) is 1. The number of benzene rings is 2. The van der Waals surface area contributed by atoms with E-state index in [0.29, 0.717) is 34.5 Å². The molecule has 3 aliphatic rings. The van der Waals surface area contributed by atoms with E-state index >= 15 is 0 Å². The van der Waals surface area contributed by atoms with Crippen LogP contribution in [0.3, 0.4) is 0 Å². The number of hydrogen-bond acceptors (Lipinski definition) is 8. The van der Waals surface area contributed by atoms with Crippen molar-refractivity contribution in [2.45, 2.75) is 43.8 Å². The lowest BCUT2D eigenvalue weighted by atomic mass is 10.0. The van der Waals surface area contributed by atoms with Gasteiger partial charge in [-0.2, -0.15) is 8.78 Å². The predicted octanol–water partition coefficient (Wildman–Crippen LogP) is 4.23. The molecule has 1 saturated heterocycles. The van der Waals surface area contributed by atoms with Gasteiger partial charge in [-0.05, 0) is 70.1 Å². The molecule has 3 unspecified atom stereocenters. The summed E-state index contributed by atoms with van der Waals surface area (Å²) in [4.78, 5) is 40.4. The summed E-state index contributed by atoms with van der Waals surface area (Å²) in [6, 6.07) is 12.2. The fourth-order valence-electron chi connectivity index (χ4n) is 5.94. The maximum absolute atomic E-state index is 14.1. The second kappa shape index (κ2) is 15.9. The molecule has 2 aromatic carbocycles. The number of methoxy groups -OCH3 is 1. The summed E-state index contributed by atoms with van der Waals surface area (Å²) in [5, 5.41) is 15.1. The van der Waals surface area contributed by atoms with Gasteiger partial charge in [0.25, 0.3) is 5.92 Å². The number of aldehydes is 1. The number of likely N-dealkylation sites (N-methyl/N-ethyl adjacent to an activating group) is 2. The summed E-state index contributed by atoms with van der Waals surface area (Å²) in [5.74, 6) is -2.58. The molecule has 0 radical (unpaired) electrons. The number of fused-ring (bicyclic) bond motifs is 4. The van der Waals surface area contributed by atoms with Gasteiger partial charge in [-0.3, -0.25) is 19.8 Å². The minimum absolute atomic E-state index is 0.00899. The Morgan fingerprint density at radius 3 is 2.48 bits per heavy atom. The van der Waals surface area contributed by atoms with Gasteiger partial charge < -0.3 is 30.9 Å². The number of carbonyl (C=O) groups is 3. The Balaban J connectivity index is 0.000000188. The lowest BCUT2D eigenvalue weighted by Crippen LogP contribution is -2.50. The van der Waals surface area contributed by atoms with E-state index in [-0.39, 0.29) is 53.4 Å². The van der Waals surface area contributed by atoms with Crippen molar-refractivity contribution in [2.75, 3.05) is 47.9 Å². The first-order chi connectivity index (χ1) is 22.8. The Morgan fingerprint density at radius 2 is 1.88 bits per heavy atom. The SMILES string of the molecule is CNCC(=O)N1C(C(=O)N[C@H](C)c2cc(C(=N)N)cs2)CC2CC21.COCCN(C)C.O=Cc1ccc2c(c1)-c1ccccc1C2(F)F. The molecule has 0 bridgehead atoms. The van der Waals surface area contributed by atoms with Crippen molar-refractivity contribution in [2.24, 2.45) is 11.7 Å². The average Bonchev–Trinajstić information content (AvgIpc) is 3.38. The Hall–Kier alpha value is -4.04. The Kier molecular flexibility index (Phi) is 12.2. The highest BCUT2D eigenvalue weighted by Crippen LogP contribution is 2.51. The zero-order valence-corrected chi connectivity index (χ0v) is 28.7. The van der Waals surface area contributed by atoms with Crippen molar-refractivity contribution in [3.8, 4) is 11.1 Å². The molecule has 13 heteroatoms. The van der Waals surface area contributed by atoms with E-state index < -0.39 is 5.92 Å². The summed E-state index contributed by atoms with van der Waals surface area (Å²) < 4.78 is 33.0. The van der Waals surface area contributed by atoms with Crippen LogP contribution in [-0.4, -0.2) is 93.8 Å². The van der Waals surface area contributed by atoms with Gasteiger partial charge in [0.15, 0.2) is 0 Å². The third-order valence-corrected chi connectivity index (χ3v) is 9.67. The van der Waals surface area contributed by atoms with E-state index in [1.54, 1.807) is 37.3 Å². The molecular formula is C35H44F2N6O4S. The molecule has 0 spiro atoms. The quantitative estimate of drug-likeness (QED) is 0.143. The molecular weight excluding hydrogens is 638 g/mol. The molecule has 1 aliphatic heterocycles. The minimum Gasteiger partial charge on any atom is -0.384 e. The van der Waals surface area contributed by atoms with E-state index in [0.717, 1.165) is 30.9 Å². The van der Waals surface area contributed by atoms with Crippen LogP contribution in [0, 0.1) is 11.3 Å². The van der Waals surface area contributed by atoms with Crippen LogP contribution >= 0.6 is 11.3 Å². The molecule has 5 N–H and O–H groups in total. The number of rotatable bonds is 10.